The number of fused-ring (bicyclic) bond motifs is 1. The Morgan fingerprint density at radius 3 is 2.16 bits per heavy atom. The monoisotopic (exact) mass is 448 g/mol. The topological polar surface area (TPSA) is 57.7 Å². The third kappa shape index (κ3) is 4.55. The van der Waals surface area contributed by atoms with Crippen molar-refractivity contribution in [2.75, 3.05) is 17.1 Å². The van der Waals surface area contributed by atoms with E-state index in [2.05, 4.69) is 12.1 Å². The molecule has 0 aromatic heterocycles. The maximum Gasteiger partial charge on any atom is 0.254 e. The molecule has 166 valence electrons. The van der Waals surface area contributed by atoms with Gasteiger partial charge in [-0.05, 0) is 60.2 Å². The second kappa shape index (κ2) is 8.79. The van der Waals surface area contributed by atoms with Crippen molar-refractivity contribution in [2.24, 2.45) is 0 Å². The zero-order chi connectivity index (χ0) is 22.9. The lowest BCUT2D eigenvalue weighted by molar-refractivity contribution is 0.0734. The number of carbonyl (C=O) groups is 1. The summed E-state index contributed by atoms with van der Waals surface area (Å²) < 4.78 is 26.6. The number of nitrogens with zero attached hydrogens (tertiary/aromatic N) is 2. The van der Waals surface area contributed by atoms with E-state index in [9.17, 15) is 13.2 Å². The van der Waals surface area contributed by atoms with E-state index in [1.165, 1.54) is 21.7 Å². The molecule has 5 nitrogen and oxygen atoms in total. The van der Waals surface area contributed by atoms with E-state index in [1.807, 2.05) is 61.2 Å². The second-order valence-corrected chi connectivity index (χ2v) is 10.4. The molecule has 0 fully saturated rings. The molecule has 0 aliphatic carbocycles. The normalized spacial score (nSPS) is 13.5. The number of para-hydroxylation sites is 1. The van der Waals surface area contributed by atoms with Crippen LogP contribution in [0.1, 0.15) is 38.2 Å². The summed E-state index contributed by atoms with van der Waals surface area (Å²) in [6.07, 6.45) is 2.09. The molecular weight excluding hydrogens is 420 g/mol. The van der Waals surface area contributed by atoms with Gasteiger partial charge in [-0.2, -0.15) is 0 Å². The maximum atomic E-state index is 13.0. The smallest absolute Gasteiger partial charge is 0.254 e. The molecular formula is C26H28N2O3S. The van der Waals surface area contributed by atoms with Crippen LogP contribution in [0.4, 0.5) is 5.69 Å². The third-order valence-electron chi connectivity index (χ3n) is 6.03. The average Bonchev–Trinajstić information content (AvgIpc) is 2.77. The van der Waals surface area contributed by atoms with Gasteiger partial charge in [0, 0.05) is 18.7 Å². The minimum atomic E-state index is -3.47. The van der Waals surface area contributed by atoms with E-state index < -0.39 is 10.0 Å². The van der Waals surface area contributed by atoms with Crippen molar-refractivity contribution in [1.82, 2.24) is 4.90 Å². The van der Waals surface area contributed by atoms with E-state index in [0.29, 0.717) is 24.3 Å². The van der Waals surface area contributed by atoms with Crippen LogP contribution in [0.5, 0.6) is 0 Å². The van der Waals surface area contributed by atoms with Crippen LogP contribution in [0.2, 0.25) is 0 Å². The van der Waals surface area contributed by atoms with Crippen LogP contribution < -0.4 is 4.31 Å². The molecule has 3 aromatic carbocycles. The van der Waals surface area contributed by atoms with Crippen LogP contribution in [0.3, 0.4) is 0 Å². The lowest BCUT2D eigenvalue weighted by Gasteiger charge is -2.29. The maximum absolute atomic E-state index is 13.0. The first-order valence-electron chi connectivity index (χ1n) is 10.7. The number of sulfonamides is 1. The van der Waals surface area contributed by atoms with Gasteiger partial charge in [0.25, 0.3) is 5.91 Å². The fraction of sp³-hybridized carbons (Fsp3) is 0.269. The van der Waals surface area contributed by atoms with E-state index in [-0.39, 0.29) is 12.5 Å². The van der Waals surface area contributed by atoms with Crippen molar-refractivity contribution >= 4 is 21.6 Å². The first kappa shape index (κ1) is 22.1. The van der Waals surface area contributed by atoms with E-state index >= 15 is 0 Å². The number of benzene rings is 3. The molecule has 0 saturated heterocycles. The average molecular weight is 449 g/mol. The molecule has 0 unspecified atom stereocenters. The number of amides is 1. The molecule has 0 bridgehead atoms. The van der Waals surface area contributed by atoms with Crippen molar-refractivity contribution < 1.29 is 13.2 Å². The minimum absolute atomic E-state index is 0.000713. The van der Waals surface area contributed by atoms with Gasteiger partial charge in [-0.25, -0.2) is 8.42 Å². The standard InChI is InChI=1S/C26H28N2O3S/c1-19-7-6-8-20(2)25(19)28(32(3,30)31)17-21-11-13-23(14-12-21)26(29)27-16-15-22-9-4-5-10-24(22)18-27/h4-14H,15-18H2,1-3H3. The summed E-state index contributed by atoms with van der Waals surface area (Å²) in [6, 6.07) is 21.3. The molecule has 0 N–H and O–H groups in total. The van der Waals surface area contributed by atoms with Crippen molar-refractivity contribution in [3.8, 4) is 0 Å². The summed E-state index contributed by atoms with van der Waals surface area (Å²) in [7, 11) is -3.47. The summed E-state index contributed by atoms with van der Waals surface area (Å²) in [5.41, 5.74) is 6.48. The predicted octanol–water partition coefficient (Wildman–Crippen LogP) is 4.47. The fourth-order valence-electron chi connectivity index (χ4n) is 4.33. The summed E-state index contributed by atoms with van der Waals surface area (Å²) in [4.78, 5) is 14.9. The molecule has 1 heterocycles. The Kier molecular flexibility index (Phi) is 6.07. The van der Waals surface area contributed by atoms with Gasteiger partial charge in [-0.3, -0.25) is 9.10 Å². The molecule has 1 aliphatic heterocycles. The van der Waals surface area contributed by atoms with Gasteiger partial charge in [-0.1, -0.05) is 54.6 Å². The molecule has 0 radical (unpaired) electrons. The Labute approximate surface area is 190 Å². The van der Waals surface area contributed by atoms with Crippen molar-refractivity contribution in [3.05, 3.63) is 100 Å². The zero-order valence-corrected chi connectivity index (χ0v) is 19.5. The minimum Gasteiger partial charge on any atom is -0.334 e. The van der Waals surface area contributed by atoms with Gasteiger partial charge in [-0.15, -0.1) is 0 Å². The fourth-order valence-corrected chi connectivity index (χ4v) is 5.33. The first-order valence-corrected chi connectivity index (χ1v) is 12.6. The lowest BCUT2D eigenvalue weighted by atomic mass is 9.99. The van der Waals surface area contributed by atoms with Gasteiger partial charge in [0.05, 0.1) is 18.5 Å². The van der Waals surface area contributed by atoms with Gasteiger partial charge in [0.15, 0.2) is 0 Å². The van der Waals surface area contributed by atoms with Gasteiger partial charge >= 0.3 is 0 Å². The highest BCUT2D eigenvalue weighted by Gasteiger charge is 2.23. The Hall–Kier alpha value is -3.12. The van der Waals surface area contributed by atoms with Gasteiger partial charge < -0.3 is 4.90 Å². The van der Waals surface area contributed by atoms with Gasteiger partial charge in [0.1, 0.15) is 0 Å². The zero-order valence-electron chi connectivity index (χ0n) is 18.7. The Morgan fingerprint density at radius 2 is 1.53 bits per heavy atom. The molecule has 1 amide bonds. The molecule has 4 rings (SSSR count). The Bertz CT molecular complexity index is 1230. The number of rotatable bonds is 5. The third-order valence-corrected chi connectivity index (χ3v) is 7.15. The number of aryl methyl sites for hydroxylation is 2. The van der Waals surface area contributed by atoms with Crippen LogP contribution in [0, 0.1) is 13.8 Å². The molecule has 0 saturated carbocycles. The molecule has 3 aromatic rings. The van der Waals surface area contributed by atoms with Gasteiger partial charge in [0.2, 0.25) is 10.0 Å². The highest BCUT2D eigenvalue weighted by atomic mass is 32.2. The SMILES string of the molecule is Cc1cccc(C)c1N(Cc1ccc(C(=O)N2CCc3ccccc3C2)cc1)S(C)(=O)=O. The van der Waals surface area contributed by atoms with E-state index in [0.717, 1.165) is 23.1 Å². The quantitative estimate of drug-likeness (QED) is 0.579. The van der Waals surface area contributed by atoms with Crippen molar-refractivity contribution in [2.45, 2.75) is 33.4 Å². The van der Waals surface area contributed by atoms with Crippen LogP contribution in [0.15, 0.2) is 66.7 Å². The summed E-state index contributed by atoms with van der Waals surface area (Å²) in [5.74, 6) is 0.000713. The highest BCUT2D eigenvalue weighted by molar-refractivity contribution is 7.92. The number of anilines is 1. The van der Waals surface area contributed by atoms with Crippen LogP contribution >= 0.6 is 0 Å². The van der Waals surface area contributed by atoms with E-state index in [1.54, 1.807) is 12.1 Å². The summed E-state index contributed by atoms with van der Waals surface area (Å²) in [6.45, 7) is 5.37. The highest BCUT2D eigenvalue weighted by Crippen LogP contribution is 2.28. The largest absolute Gasteiger partial charge is 0.334 e. The number of hydrogen-bond donors (Lipinski definition) is 0. The first-order chi connectivity index (χ1) is 15.2. The van der Waals surface area contributed by atoms with Crippen molar-refractivity contribution in [3.63, 3.8) is 0 Å². The number of hydrogen-bond acceptors (Lipinski definition) is 3. The number of carbonyl (C=O) groups excluding carboxylic acids is 1. The summed E-state index contributed by atoms with van der Waals surface area (Å²) in [5, 5.41) is 0. The lowest BCUT2D eigenvalue weighted by Crippen LogP contribution is -2.36. The molecule has 32 heavy (non-hydrogen) atoms. The molecule has 6 heteroatoms. The van der Waals surface area contributed by atoms with Crippen LogP contribution in [-0.2, 0) is 29.5 Å². The van der Waals surface area contributed by atoms with Crippen LogP contribution in [0.25, 0.3) is 0 Å². The molecule has 0 atom stereocenters. The van der Waals surface area contributed by atoms with Crippen LogP contribution in [-0.4, -0.2) is 32.0 Å². The van der Waals surface area contributed by atoms with E-state index in [4.69, 9.17) is 0 Å². The summed E-state index contributed by atoms with van der Waals surface area (Å²) >= 11 is 0. The molecule has 0 spiro atoms. The van der Waals surface area contributed by atoms with Crippen molar-refractivity contribution in [1.29, 1.82) is 0 Å². The second-order valence-electron chi connectivity index (χ2n) is 8.45. The molecule has 1 aliphatic rings. The Morgan fingerprint density at radius 1 is 0.906 bits per heavy atom. The Balaban J connectivity index is 1.54. The predicted molar refractivity (Wildman–Crippen MR) is 128 cm³/mol.